The largest absolute Gasteiger partial charge is 0.493 e. The molecule has 1 unspecified atom stereocenters. The zero-order valence-corrected chi connectivity index (χ0v) is 17.6. The molecule has 0 spiro atoms. The number of ketones is 1. The van der Waals surface area contributed by atoms with Crippen LogP contribution in [0.4, 0.5) is 0 Å². The molecule has 6 heteroatoms. The van der Waals surface area contributed by atoms with Crippen molar-refractivity contribution in [1.82, 2.24) is 0 Å². The first-order valence-corrected chi connectivity index (χ1v) is 9.83. The number of carbonyl (C=O) groups is 2. The summed E-state index contributed by atoms with van der Waals surface area (Å²) in [6.45, 7) is 1.98. The fraction of sp³-hybridized carbons (Fsp3) is 0.333. The molecule has 0 fully saturated rings. The second-order valence-corrected chi connectivity index (χ2v) is 7.13. The van der Waals surface area contributed by atoms with Gasteiger partial charge in [0.2, 0.25) is 0 Å². The van der Waals surface area contributed by atoms with Crippen molar-refractivity contribution in [3.05, 3.63) is 71.8 Å². The smallest absolute Gasteiger partial charge is 0.307 e. The number of carbonyl (C=O) groups excluding carboxylic acids is 1. The second-order valence-electron chi connectivity index (χ2n) is 7.13. The Balaban J connectivity index is 0.000000297. The number of nitrogens with two attached hydrogens (primary N) is 1. The van der Waals surface area contributed by atoms with E-state index in [1.807, 2.05) is 49.4 Å². The fourth-order valence-electron chi connectivity index (χ4n) is 3.34. The topological polar surface area (TPSA) is 98.9 Å². The fourth-order valence-corrected chi connectivity index (χ4v) is 3.34. The van der Waals surface area contributed by atoms with Crippen LogP contribution in [0.5, 0.6) is 11.5 Å². The quantitative estimate of drug-likeness (QED) is 0.544. The van der Waals surface area contributed by atoms with Gasteiger partial charge in [0.25, 0.3) is 0 Å². The molecule has 0 bridgehead atoms. The molecule has 3 N–H and O–H groups in total. The maximum absolute atomic E-state index is 12.6. The molecule has 3 atom stereocenters. The van der Waals surface area contributed by atoms with Crippen LogP contribution in [-0.2, 0) is 4.79 Å². The average molecular weight is 411 g/mol. The van der Waals surface area contributed by atoms with Crippen molar-refractivity contribution in [2.45, 2.75) is 25.8 Å². The van der Waals surface area contributed by atoms with Crippen molar-refractivity contribution in [3.8, 4) is 11.5 Å². The van der Waals surface area contributed by atoms with Gasteiger partial charge < -0.3 is 20.3 Å². The Hall–Kier alpha value is -3.12. The predicted molar refractivity (Wildman–Crippen MR) is 116 cm³/mol. The van der Waals surface area contributed by atoms with Gasteiger partial charge in [-0.25, -0.2) is 0 Å². The van der Waals surface area contributed by atoms with E-state index >= 15 is 0 Å². The third-order valence-corrected chi connectivity index (χ3v) is 5.08. The van der Waals surface area contributed by atoms with Crippen molar-refractivity contribution in [1.29, 1.82) is 0 Å². The molecule has 2 aromatic rings. The van der Waals surface area contributed by atoms with Crippen LogP contribution in [0.15, 0.2) is 60.7 Å². The van der Waals surface area contributed by atoms with Gasteiger partial charge in [-0.05, 0) is 43.5 Å². The Morgan fingerprint density at radius 3 is 2.07 bits per heavy atom. The van der Waals surface area contributed by atoms with Gasteiger partial charge in [0.1, 0.15) is 0 Å². The number of carboxylic acids is 1. The van der Waals surface area contributed by atoms with E-state index in [-0.39, 0.29) is 11.8 Å². The molecule has 1 aliphatic carbocycles. The first-order valence-electron chi connectivity index (χ1n) is 9.83. The summed E-state index contributed by atoms with van der Waals surface area (Å²) >= 11 is 0. The molecule has 0 saturated heterocycles. The minimum Gasteiger partial charge on any atom is -0.493 e. The predicted octanol–water partition coefficient (Wildman–Crippen LogP) is 4.26. The lowest BCUT2D eigenvalue weighted by Crippen LogP contribution is -2.31. The Morgan fingerprint density at radius 2 is 1.57 bits per heavy atom. The van der Waals surface area contributed by atoms with E-state index in [9.17, 15) is 14.7 Å². The van der Waals surface area contributed by atoms with Gasteiger partial charge in [0.05, 0.1) is 20.1 Å². The van der Waals surface area contributed by atoms with Gasteiger partial charge in [-0.15, -0.1) is 0 Å². The molecule has 3 rings (SSSR count). The molecule has 2 aromatic carbocycles. The number of hydrogen-bond donors (Lipinski definition) is 2. The number of hydrogen-bond acceptors (Lipinski definition) is 5. The number of allylic oxidation sites excluding steroid dienone is 2. The molecule has 0 radical (unpaired) electrons. The third kappa shape index (κ3) is 5.94. The Kier molecular flexibility index (Phi) is 8.62. The van der Waals surface area contributed by atoms with Gasteiger partial charge >= 0.3 is 5.97 Å². The van der Waals surface area contributed by atoms with Crippen LogP contribution in [0.2, 0.25) is 0 Å². The van der Waals surface area contributed by atoms with E-state index in [1.54, 1.807) is 18.2 Å². The van der Waals surface area contributed by atoms with E-state index in [1.165, 1.54) is 19.8 Å². The molecule has 6 nitrogen and oxygen atoms in total. The lowest BCUT2D eigenvalue weighted by atomic mass is 9.78. The molecule has 160 valence electrons. The zero-order chi connectivity index (χ0) is 22.1. The number of ether oxygens (including phenoxy) is 2. The van der Waals surface area contributed by atoms with Crippen LogP contribution >= 0.6 is 0 Å². The molecular weight excluding hydrogens is 382 g/mol. The van der Waals surface area contributed by atoms with Crippen LogP contribution in [0, 0.1) is 11.8 Å². The van der Waals surface area contributed by atoms with Gasteiger partial charge in [0, 0.05) is 17.5 Å². The van der Waals surface area contributed by atoms with Gasteiger partial charge in [0.15, 0.2) is 17.3 Å². The molecule has 0 aliphatic heterocycles. The standard InChI is InChI=1S/C16H18O5.C8H11N/c1-20-13-8-7-10(9-14(13)21-2)15(17)11-5-3-4-6-12(11)16(18)19;1-7(9)8-5-3-2-4-6-8/h3-4,7-9,11-12H,5-6H2,1-2H3,(H,18,19);2-7H,9H2,1H3/t11-,12+;/m0./s1. The SMILES string of the molecule is CC(N)c1ccccc1.COc1ccc(C(=O)[C@H]2CC=CC[C@H]2C(=O)O)cc1OC. The van der Waals surface area contributed by atoms with Crippen molar-refractivity contribution >= 4 is 11.8 Å². The lowest BCUT2D eigenvalue weighted by Gasteiger charge is -2.24. The number of aliphatic carboxylic acids is 1. The Labute approximate surface area is 177 Å². The first-order chi connectivity index (χ1) is 14.4. The van der Waals surface area contributed by atoms with E-state index in [2.05, 4.69) is 0 Å². The lowest BCUT2D eigenvalue weighted by molar-refractivity contribution is -0.143. The highest BCUT2D eigenvalue weighted by Gasteiger charge is 2.34. The van der Waals surface area contributed by atoms with Crippen molar-refractivity contribution < 1.29 is 24.2 Å². The summed E-state index contributed by atoms with van der Waals surface area (Å²) in [4.78, 5) is 23.9. The summed E-state index contributed by atoms with van der Waals surface area (Å²) in [7, 11) is 3.02. The summed E-state index contributed by atoms with van der Waals surface area (Å²) in [6.07, 6.45) is 4.52. The molecule has 0 amide bonds. The minimum absolute atomic E-state index is 0.159. The maximum atomic E-state index is 12.6. The van der Waals surface area contributed by atoms with Crippen LogP contribution in [0.25, 0.3) is 0 Å². The van der Waals surface area contributed by atoms with Crippen LogP contribution in [0.3, 0.4) is 0 Å². The highest BCUT2D eigenvalue weighted by molar-refractivity contribution is 6.00. The summed E-state index contributed by atoms with van der Waals surface area (Å²) in [5.41, 5.74) is 7.25. The van der Waals surface area contributed by atoms with Gasteiger partial charge in [-0.2, -0.15) is 0 Å². The first kappa shape index (κ1) is 23.2. The molecule has 0 saturated carbocycles. The number of Topliss-reactive ketones (excluding diaryl/α,β-unsaturated/α-hetero) is 1. The maximum Gasteiger partial charge on any atom is 0.307 e. The van der Waals surface area contributed by atoms with Crippen LogP contribution < -0.4 is 15.2 Å². The number of methoxy groups -OCH3 is 2. The van der Waals surface area contributed by atoms with E-state index in [4.69, 9.17) is 15.2 Å². The molecule has 0 heterocycles. The summed E-state index contributed by atoms with van der Waals surface area (Å²) in [5, 5.41) is 9.26. The number of carboxylic acid groups (broad SMARTS) is 1. The van der Waals surface area contributed by atoms with Crippen LogP contribution in [-0.4, -0.2) is 31.1 Å². The van der Waals surface area contributed by atoms with E-state index < -0.39 is 17.8 Å². The van der Waals surface area contributed by atoms with Crippen molar-refractivity contribution in [2.75, 3.05) is 14.2 Å². The Morgan fingerprint density at radius 1 is 0.967 bits per heavy atom. The highest BCUT2D eigenvalue weighted by atomic mass is 16.5. The zero-order valence-electron chi connectivity index (χ0n) is 17.6. The Bertz CT molecular complexity index is 876. The highest BCUT2D eigenvalue weighted by Crippen LogP contribution is 2.33. The molecular formula is C24H29NO5. The molecule has 1 aliphatic rings. The van der Waals surface area contributed by atoms with Gasteiger partial charge in [-0.1, -0.05) is 42.5 Å². The monoisotopic (exact) mass is 411 g/mol. The van der Waals surface area contributed by atoms with E-state index in [0.717, 1.165) is 0 Å². The minimum atomic E-state index is -0.932. The molecule has 30 heavy (non-hydrogen) atoms. The third-order valence-electron chi connectivity index (χ3n) is 5.08. The molecule has 0 aromatic heterocycles. The second kappa shape index (κ2) is 11.2. The van der Waals surface area contributed by atoms with Crippen molar-refractivity contribution in [3.63, 3.8) is 0 Å². The van der Waals surface area contributed by atoms with Crippen molar-refractivity contribution in [2.24, 2.45) is 17.6 Å². The number of benzene rings is 2. The summed E-state index contributed by atoms with van der Waals surface area (Å²) in [6, 6.07) is 15.1. The number of rotatable bonds is 6. The summed E-state index contributed by atoms with van der Waals surface area (Å²) in [5.74, 6) is -1.32. The normalized spacial score (nSPS) is 18.5. The van der Waals surface area contributed by atoms with E-state index in [0.29, 0.717) is 29.9 Å². The summed E-state index contributed by atoms with van der Waals surface area (Å²) < 4.78 is 10.3. The van der Waals surface area contributed by atoms with Crippen LogP contribution in [0.1, 0.15) is 41.7 Å². The van der Waals surface area contributed by atoms with Gasteiger partial charge in [-0.3, -0.25) is 9.59 Å². The average Bonchev–Trinajstić information content (AvgIpc) is 2.79.